The molecular formula is C40H48F4N4O. The van der Waals surface area contributed by atoms with E-state index < -0.39 is 11.7 Å². The summed E-state index contributed by atoms with van der Waals surface area (Å²) in [5.41, 5.74) is 3.01. The van der Waals surface area contributed by atoms with Crippen LogP contribution in [-0.2, 0) is 19.0 Å². The van der Waals surface area contributed by atoms with Crippen LogP contribution in [0.1, 0.15) is 53.7 Å². The second-order valence-corrected chi connectivity index (χ2v) is 12.9. The van der Waals surface area contributed by atoms with Crippen molar-refractivity contribution in [3.8, 4) is 5.75 Å². The molecule has 2 fully saturated rings. The van der Waals surface area contributed by atoms with E-state index in [2.05, 4.69) is 88.9 Å². The van der Waals surface area contributed by atoms with E-state index in [0.717, 1.165) is 70.6 Å². The SMILES string of the molecule is CC(C)Oc1ccccc1CC(c1ccccc1)N1CCNCC1.Fc1cccc(C(Cc2ccccc2C(F)(F)F)N2CCNCC2)c1. The van der Waals surface area contributed by atoms with E-state index in [0.29, 0.717) is 11.6 Å². The number of nitrogens with one attached hydrogen (secondary N) is 2. The summed E-state index contributed by atoms with van der Waals surface area (Å²) in [6.45, 7) is 11.5. The van der Waals surface area contributed by atoms with Crippen LogP contribution in [0.5, 0.6) is 5.75 Å². The Labute approximate surface area is 288 Å². The minimum atomic E-state index is -4.40. The Balaban J connectivity index is 0.000000191. The molecule has 9 heteroatoms. The molecule has 49 heavy (non-hydrogen) atoms. The molecule has 2 N–H and O–H groups in total. The lowest BCUT2D eigenvalue weighted by atomic mass is 9.93. The van der Waals surface area contributed by atoms with Crippen LogP contribution in [0.2, 0.25) is 0 Å². The summed E-state index contributed by atoms with van der Waals surface area (Å²) in [6.07, 6.45) is -3.03. The van der Waals surface area contributed by atoms with Gasteiger partial charge in [0, 0.05) is 64.4 Å². The summed E-state index contributed by atoms with van der Waals surface area (Å²) in [6, 6.07) is 31.2. The number of rotatable bonds is 10. The molecule has 2 saturated heterocycles. The number of piperazine rings is 2. The Bertz CT molecular complexity index is 1570. The Morgan fingerprint density at radius 2 is 1.14 bits per heavy atom. The van der Waals surface area contributed by atoms with Gasteiger partial charge < -0.3 is 15.4 Å². The summed E-state index contributed by atoms with van der Waals surface area (Å²) in [5, 5.41) is 6.69. The van der Waals surface area contributed by atoms with Crippen molar-refractivity contribution in [2.75, 3.05) is 52.4 Å². The summed E-state index contributed by atoms with van der Waals surface area (Å²) in [7, 11) is 0. The normalized spacial score (nSPS) is 17.2. The Hall–Kier alpha value is -3.76. The van der Waals surface area contributed by atoms with Crippen molar-refractivity contribution in [2.24, 2.45) is 0 Å². The minimum Gasteiger partial charge on any atom is -0.491 e. The highest BCUT2D eigenvalue weighted by Gasteiger charge is 2.34. The molecule has 2 heterocycles. The first-order chi connectivity index (χ1) is 23.7. The topological polar surface area (TPSA) is 39.8 Å². The van der Waals surface area contributed by atoms with Gasteiger partial charge in [-0.2, -0.15) is 13.2 Å². The Kier molecular flexibility index (Phi) is 13.2. The van der Waals surface area contributed by atoms with Gasteiger partial charge in [-0.05, 0) is 73.2 Å². The van der Waals surface area contributed by atoms with Crippen LogP contribution in [0.4, 0.5) is 17.6 Å². The Morgan fingerprint density at radius 1 is 0.633 bits per heavy atom. The number of halogens is 4. The van der Waals surface area contributed by atoms with E-state index in [4.69, 9.17) is 4.74 Å². The highest BCUT2D eigenvalue weighted by Crippen LogP contribution is 2.35. The molecule has 2 unspecified atom stereocenters. The van der Waals surface area contributed by atoms with Gasteiger partial charge in [-0.3, -0.25) is 9.80 Å². The minimum absolute atomic E-state index is 0.194. The average molecular weight is 677 g/mol. The van der Waals surface area contributed by atoms with E-state index in [1.807, 2.05) is 0 Å². The third kappa shape index (κ3) is 10.6. The van der Waals surface area contributed by atoms with Crippen LogP contribution in [0.25, 0.3) is 0 Å². The van der Waals surface area contributed by atoms with E-state index in [1.54, 1.807) is 18.2 Å². The summed E-state index contributed by atoms with van der Waals surface area (Å²) in [5.74, 6) is 0.644. The fourth-order valence-electron chi connectivity index (χ4n) is 6.73. The zero-order chi connectivity index (χ0) is 34.6. The first-order valence-electron chi connectivity index (χ1n) is 17.3. The zero-order valence-electron chi connectivity index (χ0n) is 28.4. The molecule has 0 bridgehead atoms. The first-order valence-corrected chi connectivity index (χ1v) is 17.3. The van der Waals surface area contributed by atoms with Crippen LogP contribution in [-0.4, -0.2) is 68.3 Å². The largest absolute Gasteiger partial charge is 0.491 e. The lowest BCUT2D eigenvalue weighted by Gasteiger charge is -2.35. The van der Waals surface area contributed by atoms with E-state index in [-0.39, 0.29) is 29.9 Å². The summed E-state index contributed by atoms with van der Waals surface area (Å²) < 4.78 is 59.7. The van der Waals surface area contributed by atoms with Gasteiger partial charge in [0.1, 0.15) is 11.6 Å². The third-order valence-corrected chi connectivity index (χ3v) is 9.09. The van der Waals surface area contributed by atoms with E-state index in [9.17, 15) is 17.6 Å². The molecule has 0 saturated carbocycles. The van der Waals surface area contributed by atoms with Gasteiger partial charge >= 0.3 is 6.18 Å². The zero-order valence-corrected chi connectivity index (χ0v) is 28.4. The molecule has 0 spiro atoms. The maximum absolute atomic E-state index is 13.7. The molecule has 4 aromatic rings. The second kappa shape index (κ2) is 17.8. The second-order valence-electron chi connectivity index (χ2n) is 12.9. The van der Waals surface area contributed by atoms with Gasteiger partial charge in [-0.1, -0.05) is 78.9 Å². The first kappa shape index (κ1) is 36.5. The average Bonchev–Trinajstić information content (AvgIpc) is 3.11. The van der Waals surface area contributed by atoms with Crippen molar-refractivity contribution in [2.45, 2.75) is 51.1 Å². The maximum atomic E-state index is 13.7. The maximum Gasteiger partial charge on any atom is 0.416 e. The molecule has 262 valence electrons. The van der Waals surface area contributed by atoms with Gasteiger partial charge in [0.15, 0.2) is 0 Å². The van der Waals surface area contributed by atoms with Crippen LogP contribution >= 0.6 is 0 Å². The summed E-state index contributed by atoms with van der Waals surface area (Å²) in [4.78, 5) is 4.72. The molecule has 0 aliphatic carbocycles. The van der Waals surface area contributed by atoms with Gasteiger partial charge in [0.2, 0.25) is 0 Å². The number of ether oxygens (including phenoxy) is 1. The van der Waals surface area contributed by atoms with Gasteiger partial charge in [0.05, 0.1) is 11.7 Å². The fourth-order valence-corrected chi connectivity index (χ4v) is 6.73. The molecule has 2 aliphatic heterocycles. The highest BCUT2D eigenvalue weighted by molar-refractivity contribution is 5.36. The number of alkyl halides is 3. The molecule has 2 aliphatic rings. The predicted molar refractivity (Wildman–Crippen MR) is 188 cm³/mol. The Morgan fingerprint density at radius 3 is 1.73 bits per heavy atom. The quantitative estimate of drug-likeness (QED) is 0.169. The molecule has 0 radical (unpaired) electrons. The van der Waals surface area contributed by atoms with Crippen LogP contribution < -0.4 is 15.4 Å². The summed E-state index contributed by atoms with van der Waals surface area (Å²) >= 11 is 0. The lowest BCUT2D eigenvalue weighted by Crippen LogP contribution is -2.45. The van der Waals surface area contributed by atoms with Crippen LogP contribution in [0, 0.1) is 5.82 Å². The number of para-hydroxylation sites is 1. The number of benzene rings is 4. The lowest BCUT2D eigenvalue weighted by molar-refractivity contribution is -0.138. The highest BCUT2D eigenvalue weighted by atomic mass is 19.4. The monoisotopic (exact) mass is 676 g/mol. The number of hydrogen-bond acceptors (Lipinski definition) is 5. The van der Waals surface area contributed by atoms with Crippen LogP contribution in [0.3, 0.4) is 0 Å². The number of nitrogens with zero attached hydrogens (tertiary/aromatic N) is 2. The third-order valence-electron chi connectivity index (χ3n) is 9.09. The molecule has 5 nitrogen and oxygen atoms in total. The molecule has 2 atom stereocenters. The van der Waals surface area contributed by atoms with Crippen molar-refractivity contribution >= 4 is 0 Å². The van der Waals surface area contributed by atoms with Crippen LogP contribution in [0.15, 0.2) is 103 Å². The molecular weight excluding hydrogens is 628 g/mol. The number of hydrogen-bond donors (Lipinski definition) is 2. The fraction of sp³-hybridized carbons (Fsp3) is 0.400. The van der Waals surface area contributed by atoms with Crippen molar-refractivity contribution in [1.29, 1.82) is 0 Å². The molecule has 4 aromatic carbocycles. The van der Waals surface area contributed by atoms with Crippen molar-refractivity contribution < 1.29 is 22.3 Å². The standard InChI is InChI=1S/C21H28N2O.C19H20F4N2/c1-17(2)24-21-11-7-6-10-19(21)16-20(18-8-4-3-5-9-18)23-14-12-22-13-15-23;20-16-6-3-5-15(12-16)18(25-10-8-24-9-11-25)13-14-4-1-2-7-17(14)19(21,22)23/h3-11,17,20,22H,12-16H2,1-2H3;1-7,12,18,24H,8-11,13H2. The van der Waals surface area contributed by atoms with Crippen molar-refractivity contribution in [3.05, 3.63) is 137 Å². The van der Waals surface area contributed by atoms with Gasteiger partial charge in [-0.25, -0.2) is 4.39 Å². The molecule has 6 rings (SSSR count). The smallest absolute Gasteiger partial charge is 0.416 e. The van der Waals surface area contributed by atoms with E-state index >= 15 is 0 Å². The van der Waals surface area contributed by atoms with Crippen molar-refractivity contribution in [1.82, 2.24) is 20.4 Å². The molecule has 0 amide bonds. The van der Waals surface area contributed by atoms with E-state index in [1.165, 1.54) is 35.4 Å². The van der Waals surface area contributed by atoms with Gasteiger partial charge in [-0.15, -0.1) is 0 Å². The predicted octanol–water partition coefficient (Wildman–Crippen LogP) is 7.70. The molecule has 0 aromatic heterocycles. The van der Waals surface area contributed by atoms with Gasteiger partial charge in [0.25, 0.3) is 0 Å². The van der Waals surface area contributed by atoms with Crippen molar-refractivity contribution in [3.63, 3.8) is 0 Å².